The van der Waals surface area contributed by atoms with E-state index in [9.17, 15) is 4.79 Å². The summed E-state index contributed by atoms with van der Waals surface area (Å²) in [7, 11) is 1.38. The number of benzene rings is 2. The highest BCUT2D eigenvalue weighted by molar-refractivity contribution is 7.80. The molecule has 1 aromatic heterocycles. The van der Waals surface area contributed by atoms with Gasteiger partial charge in [-0.25, -0.2) is 4.79 Å². The number of carbonyl (C=O) groups is 1. The number of methoxy groups -OCH3 is 1. The molecule has 2 N–H and O–H groups in total. The molecule has 1 fully saturated rings. The summed E-state index contributed by atoms with van der Waals surface area (Å²) >= 11 is 6.99. The van der Waals surface area contributed by atoms with Crippen LogP contribution in [0.4, 0.5) is 10.7 Å². The monoisotopic (exact) mass is 465 g/mol. The van der Waals surface area contributed by atoms with Crippen LogP contribution >= 0.6 is 23.6 Å². The number of rotatable bonds is 6. The third-order valence-electron chi connectivity index (χ3n) is 5.49. The van der Waals surface area contributed by atoms with Crippen molar-refractivity contribution in [2.24, 2.45) is 0 Å². The Labute approximate surface area is 198 Å². The molecule has 0 atom stereocenters. The summed E-state index contributed by atoms with van der Waals surface area (Å²) in [4.78, 5) is 15.8. The van der Waals surface area contributed by atoms with E-state index in [1.54, 1.807) is 0 Å². The van der Waals surface area contributed by atoms with Gasteiger partial charge in [-0.3, -0.25) is 4.90 Å². The number of ether oxygens (including phenoxy) is 1. The summed E-state index contributed by atoms with van der Waals surface area (Å²) in [6, 6.07) is 20.1. The molecule has 2 aromatic carbocycles. The minimum absolute atomic E-state index is 0.393. The summed E-state index contributed by atoms with van der Waals surface area (Å²) in [6.07, 6.45) is 3.93. The van der Waals surface area contributed by atoms with Crippen LogP contribution in [0.2, 0.25) is 0 Å². The molecule has 0 spiro atoms. The first-order valence-electron chi connectivity index (χ1n) is 10.8. The fourth-order valence-electron chi connectivity index (χ4n) is 3.82. The van der Waals surface area contributed by atoms with Crippen LogP contribution < -0.4 is 10.6 Å². The Balaban J connectivity index is 1.42. The van der Waals surface area contributed by atoms with E-state index >= 15 is 0 Å². The van der Waals surface area contributed by atoms with Crippen molar-refractivity contribution in [1.82, 2.24) is 4.90 Å². The maximum Gasteiger partial charge on any atom is 0.340 e. The van der Waals surface area contributed by atoms with Gasteiger partial charge in [0.1, 0.15) is 5.00 Å². The highest BCUT2D eigenvalue weighted by Gasteiger charge is 2.18. The van der Waals surface area contributed by atoms with Gasteiger partial charge in [-0.15, -0.1) is 11.3 Å². The van der Waals surface area contributed by atoms with Gasteiger partial charge >= 0.3 is 5.97 Å². The minimum atomic E-state index is -0.393. The maximum atomic E-state index is 12.3. The van der Waals surface area contributed by atoms with Crippen molar-refractivity contribution in [1.29, 1.82) is 0 Å². The summed E-state index contributed by atoms with van der Waals surface area (Å²) in [5.41, 5.74) is 3.72. The fraction of sp³-hybridized carbons (Fsp3) is 0.280. The van der Waals surface area contributed by atoms with Gasteiger partial charge in [0.2, 0.25) is 0 Å². The van der Waals surface area contributed by atoms with E-state index < -0.39 is 5.97 Å². The number of likely N-dealkylation sites (tertiary alicyclic amines) is 1. The predicted octanol–water partition coefficient (Wildman–Crippen LogP) is 6.00. The van der Waals surface area contributed by atoms with Crippen molar-refractivity contribution in [3.05, 3.63) is 71.8 Å². The van der Waals surface area contributed by atoms with Crippen LogP contribution in [-0.2, 0) is 11.3 Å². The lowest BCUT2D eigenvalue weighted by atomic mass is 10.1. The lowest BCUT2D eigenvalue weighted by Crippen LogP contribution is -2.29. The van der Waals surface area contributed by atoms with E-state index in [-0.39, 0.29) is 0 Å². The van der Waals surface area contributed by atoms with E-state index in [1.165, 1.54) is 56.4 Å². The second-order valence-corrected chi connectivity index (χ2v) is 9.28. The first-order valence-corrected chi connectivity index (χ1v) is 12.0. The van der Waals surface area contributed by atoms with Crippen molar-refractivity contribution < 1.29 is 9.53 Å². The van der Waals surface area contributed by atoms with Crippen LogP contribution in [0.1, 0.15) is 35.2 Å². The zero-order valence-electron chi connectivity index (χ0n) is 18.1. The quantitative estimate of drug-likeness (QED) is 0.344. The molecule has 0 unspecified atom stereocenters. The van der Waals surface area contributed by atoms with Gasteiger partial charge in [0.25, 0.3) is 0 Å². The zero-order chi connectivity index (χ0) is 22.3. The number of thiocarbonyl (C=S) groups is 1. The van der Waals surface area contributed by atoms with Crippen molar-refractivity contribution in [2.45, 2.75) is 25.8 Å². The number of nitrogens with one attached hydrogen (secondary N) is 2. The van der Waals surface area contributed by atoms with E-state index in [0.717, 1.165) is 22.7 Å². The van der Waals surface area contributed by atoms with E-state index in [4.69, 9.17) is 17.0 Å². The zero-order valence-corrected chi connectivity index (χ0v) is 19.7. The molecule has 1 aliphatic heterocycles. The van der Waals surface area contributed by atoms with Crippen LogP contribution in [0.25, 0.3) is 10.4 Å². The molecule has 1 saturated heterocycles. The molecule has 2 heterocycles. The van der Waals surface area contributed by atoms with Gasteiger partial charge in [-0.05, 0) is 67.5 Å². The molecule has 166 valence electrons. The van der Waals surface area contributed by atoms with Gasteiger partial charge in [0.05, 0.1) is 12.7 Å². The standard InChI is InChI=1S/C25H27N3O2S2/c1-30-24(29)21-16-22(19-8-4-2-5-9-19)32-23(21)27-25(31)26-20-12-10-18(11-13-20)17-28-14-6-3-7-15-28/h2,4-5,8-13,16H,3,6-7,14-15,17H2,1H3,(H2,26,27,31). The number of hydrogen-bond acceptors (Lipinski definition) is 5. The highest BCUT2D eigenvalue weighted by Crippen LogP contribution is 2.36. The van der Waals surface area contributed by atoms with Gasteiger partial charge < -0.3 is 15.4 Å². The third-order valence-corrected chi connectivity index (χ3v) is 6.79. The number of anilines is 2. The van der Waals surface area contributed by atoms with E-state index in [1.807, 2.05) is 48.5 Å². The Morgan fingerprint density at radius 1 is 1.03 bits per heavy atom. The Bertz CT molecular complexity index is 1060. The number of carbonyl (C=O) groups excluding carboxylic acids is 1. The van der Waals surface area contributed by atoms with E-state index in [2.05, 4.69) is 27.7 Å². The first-order chi connectivity index (χ1) is 15.6. The second kappa shape index (κ2) is 10.7. The molecule has 0 bridgehead atoms. The van der Waals surface area contributed by atoms with E-state index in [0.29, 0.717) is 15.7 Å². The Hall–Kier alpha value is -2.74. The second-order valence-electron chi connectivity index (χ2n) is 7.82. The first kappa shape index (κ1) is 22.5. The third kappa shape index (κ3) is 5.73. The normalized spacial score (nSPS) is 14.0. The molecule has 32 heavy (non-hydrogen) atoms. The largest absolute Gasteiger partial charge is 0.465 e. The average Bonchev–Trinajstić information content (AvgIpc) is 3.24. The molecule has 0 radical (unpaired) electrons. The SMILES string of the molecule is COC(=O)c1cc(-c2ccccc2)sc1NC(=S)Nc1ccc(CN2CCCCC2)cc1. The molecular weight excluding hydrogens is 438 g/mol. The Morgan fingerprint density at radius 2 is 1.75 bits per heavy atom. The van der Waals surface area contributed by atoms with Gasteiger partial charge in [0.15, 0.2) is 5.11 Å². The van der Waals surface area contributed by atoms with Crippen molar-refractivity contribution in [2.75, 3.05) is 30.8 Å². The minimum Gasteiger partial charge on any atom is -0.465 e. The Kier molecular flexibility index (Phi) is 7.52. The topological polar surface area (TPSA) is 53.6 Å². The molecule has 3 aromatic rings. The number of thiophene rings is 1. The van der Waals surface area contributed by atoms with Gasteiger partial charge in [-0.1, -0.05) is 48.9 Å². The van der Waals surface area contributed by atoms with Crippen molar-refractivity contribution in [3.8, 4) is 10.4 Å². The van der Waals surface area contributed by atoms with Crippen molar-refractivity contribution in [3.63, 3.8) is 0 Å². The lowest BCUT2D eigenvalue weighted by Gasteiger charge is -2.26. The van der Waals surface area contributed by atoms with Crippen LogP contribution in [0.3, 0.4) is 0 Å². The molecule has 7 heteroatoms. The number of hydrogen-bond donors (Lipinski definition) is 2. The summed E-state index contributed by atoms with van der Waals surface area (Å²) in [5, 5.41) is 7.48. The van der Waals surface area contributed by atoms with Crippen LogP contribution in [0.5, 0.6) is 0 Å². The predicted molar refractivity (Wildman–Crippen MR) is 137 cm³/mol. The molecule has 0 aliphatic carbocycles. The van der Waals surface area contributed by atoms with Crippen molar-refractivity contribution >= 4 is 45.3 Å². The maximum absolute atomic E-state index is 12.3. The highest BCUT2D eigenvalue weighted by atomic mass is 32.1. The lowest BCUT2D eigenvalue weighted by molar-refractivity contribution is 0.0602. The Morgan fingerprint density at radius 3 is 2.44 bits per heavy atom. The summed E-state index contributed by atoms with van der Waals surface area (Å²) in [5.74, 6) is -0.393. The number of esters is 1. The number of nitrogens with zero attached hydrogens (tertiary/aromatic N) is 1. The van der Waals surface area contributed by atoms with Crippen LogP contribution in [-0.4, -0.2) is 36.2 Å². The molecule has 4 rings (SSSR count). The summed E-state index contributed by atoms with van der Waals surface area (Å²) in [6.45, 7) is 3.35. The fourth-order valence-corrected chi connectivity index (χ4v) is 5.17. The van der Waals surface area contributed by atoms with Gasteiger partial charge in [0, 0.05) is 17.1 Å². The average molecular weight is 466 g/mol. The molecule has 0 amide bonds. The molecule has 0 saturated carbocycles. The molecular formula is C25H27N3O2S2. The van der Waals surface area contributed by atoms with Crippen LogP contribution in [0, 0.1) is 0 Å². The molecule has 1 aliphatic rings. The summed E-state index contributed by atoms with van der Waals surface area (Å²) < 4.78 is 4.96. The van der Waals surface area contributed by atoms with Crippen LogP contribution in [0.15, 0.2) is 60.7 Å². The smallest absolute Gasteiger partial charge is 0.340 e. The van der Waals surface area contributed by atoms with Gasteiger partial charge in [-0.2, -0.15) is 0 Å². The number of piperidine rings is 1. The molecule has 5 nitrogen and oxygen atoms in total.